The van der Waals surface area contributed by atoms with Crippen LogP contribution in [0.1, 0.15) is 251 Å². The van der Waals surface area contributed by atoms with Gasteiger partial charge in [0.1, 0.15) is 13.2 Å². The first-order valence-corrected chi connectivity index (χ1v) is 29.5. The van der Waals surface area contributed by atoms with Gasteiger partial charge in [0.15, 0.2) is 6.10 Å². The lowest BCUT2D eigenvalue weighted by molar-refractivity contribution is -0.167. The minimum Gasteiger partial charge on any atom is -0.462 e. The topological polar surface area (TPSA) is 78.9 Å². The molecule has 4 rings (SSSR count). The summed E-state index contributed by atoms with van der Waals surface area (Å²) in [5, 5.41) is 8.12. The number of aryl methyl sites for hydroxylation is 1. The summed E-state index contributed by atoms with van der Waals surface area (Å²) in [5.41, 5.74) is 1.44. The summed E-state index contributed by atoms with van der Waals surface area (Å²) in [6, 6.07) is 20.3. The molecule has 0 spiro atoms. The van der Waals surface area contributed by atoms with Crippen molar-refractivity contribution < 1.29 is 28.6 Å². The summed E-state index contributed by atoms with van der Waals surface area (Å²) < 4.78 is 17.0. The van der Waals surface area contributed by atoms with Gasteiger partial charge in [0.2, 0.25) is 0 Å². The second kappa shape index (κ2) is 39.4. The molecule has 0 saturated heterocycles. The largest absolute Gasteiger partial charge is 0.462 e. The number of allylic oxidation sites excluding steroid dienone is 4. The molecule has 394 valence electrons. The maximum atomic E-state index is 12.9. The monoisotopic (exact) mass is 975 g/mol. The average Bonchev–Trinajstić information content (AvgIpc) is 3.38. The average molecular weight is 975 g/mol. The summed E-state index contributed by atoms with van der Waals surface area (Å²) in [7, 11) is 0. The van der Waals surface area contributed by atoms with Gasteiger partial charge in [0.25, 0.3) is 0 Å². The van der Waals surface area contributed by atoms with Gasteiger partial charge < -0.3 is 14.2 Å². The zero-order valence-electron chi connectivity index (χ0n) is 45.1. The molecule has 4 aromatic carbocycles. The SMILES string of the molecule is CCCCCCCC/C=C\CCCCCCCC(=O)OC[C@@H](COC(=O)CCCCCCCCCc1ccc2ccc3cccc4ccc1c2c34)OC(=O)CCCCCCC/C=C\CCCCCCCC. The summed E-state index contributed by atoms with van der Waals surface area (Å²) in [6.45, 7) is 4.34. The first-order chi connectivity index (χ1) is 35.0. The van der Waals surface area contributed by atoms with E-state index in [1.54, 1.807) is 0 Å². The van der Waals surface area contributed by atoms with E-state index in [9.17, 15) is 14.4 Å². The van der Waals surface area contributed by atoms with Crippen molar-refractivity contribution in [2.45, 2.75) is 258 Å². The Hall–Kier alpha value is -4.19. The number of hydrogen-bond donors (Lipinski definition) is 0. The number of carbonyl (C=O) groups excluding carboxylic acids is 3. The highest BCUT2D eigenvalue weighted by molar-refractivity contribution is 6.23. The van der Waals surface area contributed by atoms with Gasteiger partial charge in [-0.25, -0.2) is 0 Å². The van der Waals surface area contributed by atoms with E-state index in [1.807, 2.05) is 0 Å². The molecule has 0 aliphatic heterocycles. The second-order valence-electron chi connectivity index (χ2n) is 20.7. The van der Waals surface area contributed by atoms with Crippen LogP contribution in [0.3, 0.4) is 0 Å². The Morgan fingerprint density at radius 2 is 0.761 bits per heavy atom. The third-order valence-electron chi connectivity index (χ3n) is 14.4. The van der Waals surface area contributed by atoms with Crippen LogP contribution in [-0.2, 0) is 35.0 Å². The fourth-order valence-electron chi connectivity index (χ4n) is 10.0. The van der Waals surface area contributed by atoms with Crippen LogP contribution in [0.5, 0.6) is 0 Å². The lowest BCUT2D eigenvalue weighted by Crippen LogP contribution is -2.30. The number of rotatable bonds is 45. The minimum atomic E-state index is -0.797. The maximum absolute atomic E-state index is 12.9. The Balaban J connectivity index is 1.06. The molecule has 0 fully saturated rings. The zero-order valence-corrected chi connectivity index (χ0v) is 45.1. The fourth-order valence-corrected chi connectivity index (χ4v) is 10.0. The second-order valence-corrected chi connectivity index (χ2v) is 20.7. The lowest BCUT2D eigenvalue weighted by atomic mass is 9.90. The van der Waals surface area contributed by atoms with Gasteiger partial charge in [-0.3, -0.25) is 14.4 Å². The fraction of sp³-hybridized carbons (Fsp3) is 0.646. The molecule has 0 aromatic heterocycles. The molecule has 0 aliphatic carbocycles. The molecule has 0 radical (unpaired) electrons. The quantitative estimate of drug-likeness (QED) is 0.0144. The van der Waals surface area contributed by atoms with Crippen LogP contribution < -0.4 is 0 Å². The van der Waals surface area contributed by atoms with E-state index in [1.165, 1.54) is 166 Å². The van der Waals surface area contributed by atoms with Crippen LogP contribution in [-0.4, -0.2) is 37.2 Å². The lowest BCUT2D eigenvalue weighted by Gasteiger charge is -2.18. The van der Waals surface area contributed by atoms with Crippen LogP contribution >= 0.6 is 0 Å². The van der Waals surface area contributed by atoms with Crippen molar-refractivity contribution in [2.75, 3.05) is 13.2 Å². The van der Waals surface area contributed by atoms with Gasteiger partial charge in [-0.1, -0.05) is 228 Å². The van der Waals surface area contributed by atoms with Crippen molar-refractivity contribution in [3.63, 3.8) is 0 Å². The first-order valence-electron chi connectivity index (χ1n) is 29.5. The molecule has 6 heteroatoms. The molecule has 0 bridgehead atoms. The van der Waals surface area contributed by atoms with E-state index >= 15 is 0 Å². The molecule has 0 saturated carbocycles. The summed E-state index contributed by atoms with van der Waals surface area (Å²) in [4.78, 5) is 38.4. The van der Waals surface area contributed by atoms with E-state index in [2.05, 4.69) is 92.7 Å². The van der Waals surface area contributed by atoms with Gasteiger partial charge in [-0.2, -0.15) is 0 Å². The number of esters is 3. The van der Waals surface area contributed by atoms with E-state index in [0.29, 0.717) is 19.3 Å². The molecular weight excluding hydrogens is 877 g/mol. The molecule has 71 heavy (non-hydrogen) atoms. The molecule has 4 aromatic rings. The van der Waals surface area contributed by atoms with Crippen molar-refractivity contribution in [1.82, 2.24) is 0 Å². The number of unbranched alkanes of at least 4 members (excludes halogenated alkanes) is 28. The normalized spacial score (nSPS) is 12.3. The van der Waals surface area contributed by atoms with Crippen molar-refractivity contribution >= 4 is 50.2 Å². The smallest absolute Gasteiger partial charge is 0.306 e. The molecule has 1 atom stereocenters. The molecule has 0 aliphatic rings. The van der Waals surface area contributed by atoms with Crippen molar-refractivity contribution in [3.05, 3.63) is 84.5 Å². The van der Waals surface area contributed by atoms with E-state index in [0.717, 1.165) is 89.9 Å². The Kier molecular flexibility index (Phi) is 32.9. The van der Waals surface area contributed by atoms with Crippen LogP contribution in [0, 0.1) is 0 Å². The Bertz CT molecular complexity index is 2030. The molecule has 0 amide bonds. The van der Waals surface area contributed by atoms with Gasteiger partial charge in [0.05, 0.1) is 0 Å². The van der Waals surface area contributed by atoms with E-state index in [4.69, 9.17) is 14.2 Å². The highest BCUT2D eigenvalue weighted by atomic mass is 16.6. The summed E-state index contributed by atoms with van der Waals surface area (Å²) >= 11 is 0. The molecule has 0 N–H and O–H groups in total. The highest BCUT2D eigenvalue weighted by Crippen LogP contribution is 2.36. The molecular formula is C65H98O6. The third kappa shape index (κ3) is 26.4. The van der Waals surface area contributed by atoms with Gasteiger partial charge in [-0.15, -0.1) is 0 Å². The highest BCUT2D eigenvalue weighted by Gasteiger charge is 2.20. The Morgan fingerprint density at radius 3 is 1.23 bits per heavy atom. The standard InChI is InChI=1S/C65H98O6/c1-3-5-7-9-11-13-15-17-19-21-23-25-29-33-37-44-61(66)69-53-59(71-63(68)46-39-35-30-26-24-22-20-18-16-14-12-10-8-6-4-2)54-70-62(67)45-38-34-31-27-28-32-36-41-55-47-48-58-50-49-56-42-40-43-57-51-52-60(55)65(58)64(56)57/h17-20,40,42-43,47-52,59H,3-16,21-39,41,44-46,53-54H2,1-2H3/b19-17-,20-18-/t59-/m0/s1. The van der Waals surface area contributed by atoms with Gasteiger partial charge >= 0.3 is 17.9 Å². The molecule has 6 nitrogen and oxygen atoms in total. The number of ether oxygens (including phenoxy) is 3. The summed E-state index contributed by atoms with van der Waals surface area (Å²) in [6.07, 6.45) is 49.3. The van der Waals surface area contributed by atoms with Crippen LogP contribution in [0.2, 0.25) is 0 Å². The Morgan fingerprint density at radius 1 is 0.394 bits per heavy atom. The first kappa shape index (κ1) is 59.4. The third-order valence-corrected chi connectivity index (χ3v) is 14.4. The number of benzene rings is 4. The van der Waals surface area contributed by atoms with E-state index in [-0.39, 0.29) is 31.1 Å². The minimum absolute atomic E-state index is 0.0913. The zero-order chi connectivity index (χ0) is 50.2. The maximum Gasteiger partial charge on any atom is 0.306 e. The van der Waals surface area contributed by atoms with Crippen molar-refractivity contribution in [3.8, 4) is 0 Å². The molecule has 0 unspecified atom stereocenters. The van der Waals surface area contributed by atoms with Gasteiger partial charge in [-0.05, 0) is 121 Å². The van der Waals surface area contributed by atoms with Crippen LogP contribution in [0.15, 0.2) is 78.9 Å². The number of hydrogen-bond acceptors (Lipinski definition) is 6. The summed E-state index contributed by atoms with van der Waals surface area (Å²) in [5.74, 6) is -0.913. The van der Waals surface area contributed by atoms with Crippen LogP contribution in [0.25, 0.3) is 32.3 Å². The number of carbonyl (C=O) groups is 3. The van der Waals surface area contributed by atoms with Crippen molar-refractivity contribution in [1.29, 1.82) is 0 Å². The van der Waals surface area contributed by atoms with E-state index < -0.39 is 6.10 Å². The predicted molar refractivity (Wildman–Crippen MR) is 301 cm³/mol. The molecule has 0 heterocycles. The van der Waals surface area contributed by atoms with Gasteiger partial charge in [0, 0.05) is 19.3 Å². The van der Waals surface area contributed by atoms with Crippen molar-refractivity contribution in [2.24, 2.45) is 0 Å². The van der Waals surface area contributed by atoms with Crippen LogP contribution in [0.4, 0.5) is 0 Å². The predicted octanol–water partition coefficient (Wildman–Crippen LogP) is 19.3. The Labute approximate surface area is 432 Å².